The molecule has 1 radical (unpaired) electrons. The SMILES string of the molecule is [C]#CCCC1C=Cc2ccccc21. The Morgan fingerprint density at radius 1 is 1.31 bits per heavy atom. The van der Waals surface area contributed by atoms with Crippen LogP contribution >= 0.6 is 0 Å². The van der Waals surface area contributed by atoms with Crippen molar-refractivity contribution in [3.05, 3.63) is 47.9 Å². The van der Waals surface area contributed by atoms with Crippen molar-refractivity contribution in [3.8, 4) is 5.92 Å². The summed E-state index contributed by atoms with van der Waals surface area (Å²) >= 11 is 0. The first-order valence-electron chi connectivity index (χ1n) is 4.58. The molecule has 2 rings (SSSR count). The van der Waals surface area contributed by atoms with E-state index in [1.54, 1.807) is 0 Å². The molecule has 0 nitrogen and oxygen atoms in total. The second-order valence-electron chi connectivity index (χ2n) is 3.31. The zero-order chi connectivity index (χ0) is 9.10. The van der Waals surface area contributed by atoms with Crippen LogP contribution in [0.3, 0.4) is 0 Å². The quantitative estimate of drug-likeness (QED) is 0.593. The molecule has 0 aromatic heterocycles. The standard InChI is InChI=1S/C13H11/c1-2-3-6-11-9-10-12-7-4-5-8-13(11)12/h4-5,7-11H,3,6H2. The highest BCUT2D eigenvalue weighted by Crippen LogP contribution is 2.32. The van der Waals surface area contributed by atoms with E-state index in [0.29, 0.717) is 5.92 Å². The monoisotopic (exact) mass is 167 g/mol. The van der Waals surface area contributed by atoms with Gasteiger partial charge in [-0.3, -0.25) is 0 Å². The molecular weight excluding hydrogens is 156 g/mol. The summed E-state index contributed by atoms with van der Waals surface area (Å²) in [6.07, 6.45) is 13.0. The molecule has 1 aromatic carbocycles. The second-order valence-corrected chi connectivity index (χ2v) is 3.31. The Kier molecular flexibility index (Phi) is 2.19. The van der Waals surface area contributed by atoms with E-state index in [9.17, 15) is 0 Å². The number of benzene rings is 1. The van der Waals surface area contributed by atoms with Gasteiger partial charge in [0.2, 0.25) is 0 Å². The molecule has 1 aromatic rings. The Morgan fingerprint density at radius 2 is 2.15 bits per heavy atom. The Bertz CT molecular complexity index is 366. The van der Waals surface area contributed by atoms with E-state index in [4.69, 9.17) is 6.42 Å². The van der Waals surface area contributed by atoms with Crippen LogP contribution in [0.15, 0.2) is 30.3 Å². The van der Waals surface area contributed by atoms with Crippen LogP contribution in [0.4, 0.5) is 0 Å². The van der Waals surface area contributed by atoms with Gasteiger partial charge in [-0.1, -0.05) is 42.3 Å². The molecule has 1 atom stereocenters. The van der Waals surface area contributed by atoms with Gasteiger partial charge in [0.15, 0.2) is 0 Å². The molecule has 0 bridgehead atoms. The number of fused-ring (bicyclic) bond motifs is 1. The van der Waals surface area contributed by atoms with Crippen LogP contribution in [0, 0.1) is 12.3 Å². The number of allylic oxidation sites excluding steroid dienone is 1. The van der Waals surface area contributed by atoms with E-state index in [1.807, 2.05) is 0 Å². The van der Waals surface area contributed by atoms with Crippen LogP contribution < -0.4 is 0 Å². The molecule has 1 aliphatic rings. The van der Waals surface area contributed by atoms with Crippen molar-refractivity contribution in [2.75, 3.05) is 0 Å². The van der Waals surface area contributed by atoms with Crippen LogP contribution in [-0.2, 0) is 0 Å². The minimum absolute atomic E-state index is 0.508. The highest BCUT2D eigenvalue weighted by atomic mass is 14.2. The van der Waals surface area contributed by atoms with E-state index >= 15 is 0 Å². The fraction of sp³-hybridized carbons (Fsp3) is 0.231. The summed E-state index contributed by atoms with van der Waals surface area (Å²) in [5.41, 5.74) is 2.73. The summed E-state index contributed by atoms with van der Waals surface area (Å²) in [5.74, 6) is 2.95. The molecule has 0 N–H and O–H groups in total. The molecule has 0 saturated heterocycles. The molecule has 63 valence electrons. The zero-order valence-corrected chi connectivity index (χ0v) is 7.46. The van der Waals surface area contributed by atoms with Gasteiger partial charge in [0, 0.05) is 12.3 Å². The van der Waals surface area contributed by atoms with E-state index in [-0.39, 0.29) is 0 Å². The third kappa shape index (κ3) is 1.51. The summed E-state index contributed by atoms with van der Waals surface area (Å²) in [5, 5.41) is 0. The molecule has 1 aliphatic carbocycles. The van der Waals surface area contributed by atoms with E-state index in [2.05, 4.69) is 42.3 Å². The third-order valence-electron chi connectivity index (χ3n) is 2.48. The van der Waals surface area contributed by atoms with E-state index in [1.165, 1.54) is 11.1 Å². The number of hydrogen-bond donors (Lipinski definition) is 0. The third-order valence-corrected chi connectivity index (χ3v) is 2.48. The Morgan fingerprint density at radius 3 is 3.00 bits per heavy atom. The van der Waals surface area contributed by atoms with Crippen LogP contribution in [0.5, 0.6) is 0 Å². The predicted octanol–water partition coefficient (Wildman–Crippen LogP) is 3.17. The van der Waals surface area contributed by atoms with Gasteiger partial charge in [-0.25, -0.2) is 0 Å². The lowest BCUT2D eigenvalue weighted by Gasteiger charge is -2.07. The Labute approximate surface area is 79.3 Å². The van der Waals surface area contributed by atoms with Gasteiger partial charge in [0.05, 0.1) is 0 Å². The van der Waals surface area contributed by atoms with Gasteiger partial charge < -0.3 is 0 Å². The molecule has 0 amide bonds. The molecular formula is C13H11. The Hall–Kier alpha value is -1.48. The molecule has 1 unspecified atom stereocenters. The Balaban J connectivity index is 2.19. The maximum Gasteiger partial charge on any atom is 0.0108 e. The van der Waals surface area contributed by atoms with Gasteiger partial charge in [-0.2, -0.15) is 0 Å². The minimum atomic E-state index is 0.508. The van der Waals surface area contributed by atoms with Crippen LogP contribution in [0.25, 0.3) is 6.08 Å². The fourth-order valence-corrected chi connectivity index (χ4v) is 1.80. The average molecular weight is 167 g/mol. The first-order chi connectivity index (χ1) is 6.42. The van der Waals surface area contributed by atoms with Crippen molar-refractivity contribution in [1.82, 2.24) is 0 Å². The smallest absolute Gasteiger partial charge is 0.0108 e. The summed E-state index contributed by atoms with van der Waals surface area (Å²) in [4.78, 5) is 0. The maximum atomic E-state index is 6.88. The largest absolute Gasteiger partial charge is 0.0891 e. The molecule has 0 fully saturated rings. The maximum absolute atomic E-state index is 6.88. The van der Waals surface area contributed by atoms with Crippen LogP contribution in [0.2, 0.25) is 0 Å². The number of hydrogen-bond acceptors (Lipinski definition) is 0. The van der Waals surface area contributed by atoms with Gasteiger partial charge >= 0.3 is 0 Å². The zero-order valence-electron chi connectivity index (χ0n) is 7.46. The van der Waals surface area contributed by atoms with Crippen molar-refractivity contribution in [2.45, 2.75) is 18.8 Å². The average Bonchev–Trinajstić information content (AvgIpc) is 2.58. The van der Waals surface area contributed by atoms with Crippen LogP contribution in [0.1, 0.15) is 29.9 Å². The fourth-order valence-electron chi connectivity index (χ4n) is 1.80. The molecule has 0 aliphatic heterocycles. The van der Waals surface area contributed by atoms with Crippen molar-refractivity contribution in [1.29, 1.82) is 0 Å². The summed E-state index contributed by atoms with van der Waals surface area (Å²) < 4.78 is 0. The highest BCUT2D eigenvalue weighted by molar-refractivity contribution is 5.62. The molecule has 0 heteroatoms. The molecule has 0 spiro atoms. The normalized spacial score (nSPS) is 18.2. The molecule has 13 heavy (non-hydrogen) atoms. The summed E-state index contributed by atoms with van der Waals surface area (Å²) in [7, 11) is 0. The first kappa shape index (κ1) is 8.13. The van der Waals surface area contributed by atoms with Gasteiger partial charge in [0.1, 0.15) is 0 Å². The molecule has 0 heterocycles. The summed E-state index contributed by atoms with van der Waals surface area (Å²) in [6.45, 7) is 0. The second kappa shape index (κ2) is 3.49. The lowest BCUT2D eigenvalue weighted by molar-refractivity contribution is 0.771. The van der Waals surface area contributed by atoms with Gasteiger partial charge in [0.25, 0.3) is 0 Å². The first-order valence-corrected chi connectivity index (χ1v) is 4.58. The number of rotatable bonds is 2. The highest BCUT2D eigenvalue weighted by Gasteiger charge is 2.14. The molecule has 0 saturated carbocycles. The van der Waals surface area contributed by atoms with E-state index in [0.717, 1.165) is 12.8 Å². The van der Waals surface area contributed by atoms with Crippen LogP contribution in [-0.4, -0.2) is 0 Å². The van der Waals surface area contributed by atoms with Crippen molar-refractivity contribution >= 4 is 6.08 Å². The lowest BCUT2D eigenvalue weighted by atomic mass is 9.96. The van der Waals surface area contributed by atoms with Gasteiger partial charge in [-0.15, -0.1) is 0 Å². The minimum Gasteiger partial charge on any atom is -0.0891 e. The van der Waals surface area contributed by atoms with E-state index < -0.39 is 0 Å². The van der Waals surface area contributed by atoms with Crippen molar-refractivity contribution in [2.24, 2.45) is 0 Å². The van der Waals surface area contributed by atoms with Crippen molar-refractivity contribution < 1.29 is 0 Å². The predicted molar refractivity (Wildman–Crippen MR) is 54.6 cm³/mol. The lowest BCUT2D eigenvalue weighted by Crippen LogP contribution is -1.91. The topological polar surface area (TPSA) is 0 Å². The van der Waals surface area contributed by atoms with Crippen molar-refractivity contribution in [3.63, 3.8) is 0 Å². The summed E-state index contributed by atoms with van der Waals surface area (Å²) in [6, 6.07) is 8.45. The van der Waals surface area contributed by atoms with Gasteiger partial charge in [-0.05, 0) is 24.0 Å².